The molecular formula is C18H30BrNO. The molecule has 0 aliphatic rings. The van der Waals surface area contributed by atoms with Crippen LogP contribution in [0, 0.1) is 17.8 Å². The lowest BCUT2D eigenvalue weighted by atomic mass is 9.90. The van der Waals surface area contributed by atoms with Gasteiger partial charge in [-0.25, -0.2) is 0 Å². The Morgan fingerprint density at radius 2 is 1.81 bits per heavy atom. The van der Waals surface area contributed by atoms with Crippen LogP contribution in [0.2, 0.25) is 0 Å². The third-order valence-electron chi connectivity index (χ3n) is 3.54. The Balaban J connectivity index is 2.72. The van der Waals surface area contributed by atoms with E-state index in [9.17, 15) is 0 Å². The molecule has 0 aliphatic heterocycles. The van der Waals surface area contributed by atoms with E-state index in [1.165, 1.54) is 12.0 Å². The molecule has 1 rings (SSSR count). The van der Waals surface area contributed by atoms with E-state index in [-0.39, 0.29) is 0 Å². The Bertz CT molecular complexity index is 418. The van der Waals surface area contributed by atoms with Gasteiger partial charge in [-0.15, -0.1) is 0 Å². The quantitative estimate of drug-likeness (QED) is 0.679. The second-order valence-corrected chi connectivity index (χ2v) is 7.62. The smallest absolute Gasteiger partial charge is 0.122 e. The van der Waals surface area contributed by atoms with Gasteiger partial charge in [0.25, 0.3) is 0 Å². The maximum atomic E-state index is 5.51. The van der Waals surface area contributed by atoms with Gasteiger partial charge < -0.3 is 10.1 Å². The molecule has 0 radical (unpaired) electrons. The summed E-state index contributed by atoms with van der Waals surface area (Å²) in [6.07, 6.45) is 2.30. The molecule has 0 bridgehead atoms. The third kappa shape index (κ3) is 7.32. The molecular weight excluding hydrogens is 326 g/mol. The highest BCUT2D eigenvalue weighted by Crippen LogP contribution is 2.27. The van der Waals surface area contributed by atoms with Crippen LogP contribution in [-0.4, -0.2) is 20.2 Å². The van der Waals surface area contributed by atoms with Crippen molar-refractivity contribution >= 4 is 15.9 Å². The first-order chi connectivity index (χ1) is 9.92. The minimum atomic E-state index is 0.645. The summed E-state index contributed by atoms with van der Waals surface area (Å²) in [6, 6.07) is 6.28. The lowest BCUT2D eigenvalue weighted by Crippen LogP contribution is -2.28. The van der Waals surface area contributed by atoms with Gasteiger partial charge >= 0.3 is 0 Å². The van der Waals surface area contributed by atoms with E-state index < -0.39 is 0 Å². The third-order valence-corrected chi connectivity index (χ3v) is 4.03. The summed E-state index contributed by atoms with van der Waals surface area (Å²) >= 11 is 3.57. The SMILES string of the molecule is COc1ccc(Br)cc1CC(CNCC(C)C)CC(C)C. The van der Waals surface area contributed by atoms with Gasteiger partial charge in [-0.2, -0.15) is 0 Å². The van der Waals surface area contributed by atoms with E-state index in [1.807, 2.05) is 12.1 Å². The number of hydrogen-bond donors (Lipinski definition) is 1. The van der Waals surface area contributed by atoms with Crippen molar-refractivity contribution in [2.45, 2.75) is 40.5 Å². The Labute approximate surface area is 138 Å². The first-order valence-electron chi connectivity index (χ1n) is 7.95. The van der Waals surface area contributed by atoms with E-state index >= 15 is 0 Å². The largest absolute Gasteiger partial charge is 0.496 e. The van der Waals surface area contributed by atoms with Crippen molar-refractivity contribution in [3.8, 4) is 5.75 Å². The molecule has 3 heteroatoms. The van der Waals surface area contributed by atoms with Gasteiger partial charge in [0, 0.05) is 4.47 Å². The molecule has 1 N–H and O–H groups in total. The van der Waals surface area contributed by atoms with Crippen LogP contribution in [0.5, 0.6) is 5.75 Å². The van der Waals surface area contributed by atoms with Crippen LogP contribution in [0.3, 0.4) is 0 Å². The van der Waals surface area contributed by atoms with Gasteiger partial charge in [-0.05, 0) is 67.4 Å². The molecule has 0 saturated heterocycles. The average Bonchev–Trinajstić information content (AvgIpc) is 2.37. The van der Waals surface area contributed by atoms with E-state index in [2.05, 4.69) is 55.0 Å². The molecule has 0 spiro atoms. The summed E-state index contributed by atoms with van der Waals surface area (Å²) in [7, 11) is 1.75. The minimum absolute atomic E-state index is 0.645. The van der Waals surface area contributed by atoms with Crippen LogP contribution < -0.4 is 10.1 Å². The molecule has 0 saturated carbocycles. The standard InChI is InChI=1S/C18H30BrNO/c1-13(2)8-15(12-20-11-14(3)4)9-16-10-17(19)6-7-18(16)21-5/h6-7,10,13-15,20H,8-9,11-12H2,1-5H3. The molecule has 0 aromatic heterocycles. The van der Waals surface area contributed by atoms with E-state index in [0.29, 0.717) is 17.8 Å². The maximum Gasteiger partial charge on any atom is 0.122 e. The number of benzene rings is 1. The summed E-state index contributed by atoms with van der Waals surface area (Å²) in [5.74, 6) is 3.06. The zero-order chi connectivity index (χ0) is 15.8. The van der Waals surface area contributed by atoms with Gasteiger partial charge in [0.15, 0.2) is 0 Å². The van der Waals surface area contributed by atoms with Gasteiger partial charge in [0.1, 0.15) is 5.75 Å². The van der Waals surface area contributed by atoms with E-state index in [0.717, 1.165) is 29.7 Å². The summed E-state index contributed by atoms with van der Waals surface area (Å²) in [4.78, 5) is 0. The van der Waals surface area contributed by atoms with Gasteiger partial charge in [0.2, 0.25) is 0 Å². The lowest BCUT2D eigenvalue weighted by Gasteiger charge is -2.21. The Morgan fingerprint density at radius 3 is 2.38 bits per heavy atom. The van der Waals surface area contributed by atoms with Gasteiger partial charge in [0.05, 0.1) is 7.11 Å². The number of nitrogens with one attached hydrogen (secondary N) is 1. The number of rotatable bonds is 9. The van der Waals surface area contributed by atoms with Crippen molar-refractivity contribution < 1.29 is 4.74 Å². The van der Waals surface area contributed by atoms with Crippen LogP contribution >= 0.6 is 15.9 Å². The molecule has 0 heterocycles. The van der Waals surface area contributed by atoms with Crippen LogP contribution in [0.25, 0.3) is 0 Å². The van der Waals surface area contributed by atoms with E-state index in [4.69, 9.17) is 4.74 Å². The van der Waals surface area contributed by atoms with Crippen molar-refractivity contribution in [3.63, 3.8) is 0 Å². The fourth-order valence-corrected chi connectivity index (χ4v) is 3.11. The zero-order valence-electron chi connectivity index (χ0n) is 14.1. The Kier molecular flexibility index (Phi) is 8.35. The highest BCUT2D eigenvalue weighted by atomic mass is 79.9. The molecule has 21 heavy (non-hydrogen) atoms. The predicted octanol–water partition coefficient (Wildman–Crippen LogP) is 4.91. The number of ether oxygens (including phenoxy) is 1. The molecule has 0 amide bonds. The Hall–Kier alpha value is -0.540. The van der Waals surface area contributed by atoms with Crippen molar-refractivity contribution in [2.75, 3.05) is 20.2 Å². The summed E-state index contributed by atoms with van der Waals surface area (Å²) in [6.45, 7) is 11.3. The van der Waals surface area contributed by atoms with Crippen molar-refractivity contribution in [1.82, 2.24) is 5.32 Å². The van der Waals surface area contributed by atoms with Crippen LogP contribution in [0.1, 0.15) is 39.7 Å². The normalized spacial score (nSPS) is 13.0. The van der Waals surface area contributed by atoms with Crippen LogP contribution in [0.4, 0.5) is 0 Å². The molecule has 120 valence electrons. The fourth-order valence-electron chi connectivity index (χ4n) is 2.70. The maximum absolute atomic E-state index is 5.51. The average molecular weight is 356 g/mol. The van der Waals surface area contributed by atoms with Gasteiger partial charge in [-0.1, -0.05) is 43.6 Å². The predicted molar refractivity (Wildman–Crippen MR) is 95.1 cm³/mol. The monoisotopic (exact) mass is 355 g/mol. The topological polar surface area (TPSA) is 21.3 Å². The van der Waals surface area contributed by atoms with Crippen molar-refractivity contribution in [2.24, 2.45) is 17.8 Å². The molecule has 2 nitrogen and oxygen atoms in total. The number of hydrogen-bond acceptors (Lipinski definition) is 2. The number of halogens is 1. The summed E-state index contributed by atoms with van der Waals surface area (Å²) < 4.78 is 6.63. The van der Waals surface area contributed by atoms with Crippen molar-refractivity contribution in [1.29, 1.82) is 0 Å². The highest BCUT2D eigenvalue weighted by molar-refractivity contribution is 9.10. The molecule has 0 fully saturated rings. The van der Waals surface area contributed by atoms with Crippen molar-refractivity contribution in [3.05, 3.63) is 28.2 Å². The fraction of sp³-hybridized carbons (Fsp3) is 0.667. The molecule has 1 unspecified atom stereocenters. The molecule has 1 aromatic carbocycles. The van der Waals surface area contributed by atoms with Crippen LogP contribution in [-0.2, 0) is 6.42 Å². The van der Waals surface area contributed by atoms with Crippen LogP contribution in [0.15, 0.2) is 22.7 Å². The second kappa shape index (κ2) is 9.47. The zero-order valence-corrected chi connectivity index (χ0v) is 15.7. The number of methoxy groups -OCH3 is 1. The lowest BCUT2D eigenvalue weighted by molar-refractivity contribution is 0.364. The molecule has 1 aromatic rings. The Morgan fingerprint density at radius 1 is 1.10 bits per heavy atom. The molecule has 1 atom stereocenters. The van der Waals surface area contributed by atoms with E-state index in [1.54, 1.807) is 7.11 Å². The minimum Gasteiger partial charge on any atom is -0.496 e. The first-order valence-corrected chi connectivity index (χ1v) is 8.74. The first kappa shape index (κ1) is 18.5. The highest BCUT2D eigenvalue weighted by Gasteiger charge is 2.15. The molecule has 0 aliphatic carbocycles. The summed E-state index contributed by atoms with van der Waals surface area (Å²) in [5.41, 5.74) is 1.30. The second-order valence-electron chi connectivity index (χ2n) is 6.71. The van der Waals surface area contributed by atoms with Gasteiger partial charge in [-0.3, -0.25) is 0 Å². The summed E-state index contributed by atoms with van der Waals surface area (Å²) in [5, 5.41) is 3.61.